The van der Waals surface area contributed by atoms with E-state index in [1.165, 1.54) is 5.56 Å². The number of nitrogens with two attached hydrogens (primary N) is 1. The molecule has 2 N–H and O–H groups in total. The Morgan fingerprint density at radius 3 is 2.50 bits per heavy atom. The van der Waals surface area contributed by atoms with Crippen molar-refractivity contribution in [2.24, 2.45) is 5.92 Å². The normalized spacial score (nSPS) is 10.8. The predicted octanol–water partition coefficient (Wildman–Crippen LogP) is 2.89. The van der Waals surface area contributed by atoms with Crippen LogP contribution in [-0.4, -0.2) is 9.78 Å². The van der Waals surface area contributed by atoms with Crippen LogP contribution in [0.15, 0.2) is 24.3 Å². The van der Waals surface area contributed by atoms with Crippen LogP contribution in [0.2, 0.25) is 0 Å². The smallest absolute Gasteiger partial charge is 0.140 e. The molecule has 2 aromatic rings. The van der Waals surface area contributed by atoms with Gasteiger partial charge in [-0.15, -0.1) is 0 Å². The van der Waals surface area contributed by atoms with E-state index in [0.717, 1.165) is 17.8 Å². The van der Waals surface area contributed by atoms with E-state index in [4.69, 9.17) is 5.73 Å². The molecule has 1 aromatic heterocycles. The number of nitrogen functional groups attached to an aromatic ring is 1. The van der Waals surface area contributed by atoms with E-state index in [1.54, 1.807) is 4.68 Å². The first-order valence-electron chi connectivity index (χ1n) is 6.82. The molecule has 0 saturated carbocycles. The molecular formula is C16H20N4. The first kappa shape index (κ1) is 14.1. The summed E-state index contributed by atoms with van der Waals surface area (Å²) in [6, 6.07) is 10.4. The van der Waals surface area contributed by atoms with Crippen LogP contribution in [-0.2, 0) is 13.0 Å². The molecule has 0 unspecified atom stereocenters. The third-order valence-corrected chi connectivity index (χ3v) is 3.21. The van der Waals surface area contributed by atoms with Crippen molar-refractivity contribution in [2.45, 2.75) is 33.7 Å². The van der Waals surface area contributed by atoms with E-state index >= 15 is 0 Å². The van der Waals surface area contributed by atoms with Crippen molar-refractivity contribution in [3.8, 4) is 6.07 Å². The summed E-state index contributed by atoms with van der Waals surface area (Å²) in [4.78, 5) is 0. The van der Waals surface area contributed by atoms with E-state index < -0.39 is 0 Å². The zero-order valence-electron chi connectivity index (χ0n) is 12.2. The molecule has 4 nitrogen and oxygen atoms in total. The number of nitrogens with zero attached hydrogens (tertiary/aromatic N) is 3. The molecule has 0 atom stereocenters. The lowest BCUT2D eigenvalue weighted by Gasteiger charge is -2.06. The Bertz CT molecular complexity index is 630. The van der Waals surface area contributed by atoms with Gasteiger partial charge in [-0.3, -0.25) is 0 Å². The minimum absolute atomic E-state index is 0.441. The second kappa shape index (κ2) is 5.79. The van der Waals surface area contributed by atoms with Gasteiger partial charge in [-0.2, -0.15) is 10.4 Å². The van der Waals surface area contributed by atoms with E-state index in [1.807, 2.05) is 0 Å². The Morgan fingerprint density at radius 2 is 1.95 bits per heavy atom. The van der Waals surface area contributed by atoms with Gasteiger partial charge in [-0.05, 0) is 18.4 Å². The molecule has 104 valence electrons. The van der Waals surface area contributed by atoms with E-state index in [2.05, 4.69) is 56.2 Å². The fraction of sp³-hybridized carbons (Fsp3) is 0.375. The molecule has 0 aliphatic heterocycles. The van der Waals surface area contributed by atoms with Gasteiger partial charge in [0.1, 0.15) is 17.5 Å². The van der Waals surface area contributed by atoms with Crippen molar-refractivity contribution in [2.75, 3.05) is 5.73 Å². The fourth-order valence-electron chi connectivity index (χ4n) is 2.16. The first-order valence-corrected chi connectivity index (χ1v) is 6.82. The van der Waals surface area contributed by atoms with Crippen molar-refractivity contribution in [3.05, 3.63) is 46.6 Å². The number of aromatic nitrogens is 2. The molecule has 0 saturated heterocycles. The van der Waals surface area contributed by atoms with Crippen LogP contribution >= 0.6 is 0 Å². The van der Waals surface area contributed by atoms with Gasteiger partial charge < -0.3 is 5.73 Å². The van der Waals surface area contributed by atoms with Crippen LogP contribution in [0.3, 0.4) is 0 Å². The van der Waals surface area contributed by atoms with Gasteiger partial charge in [-0.25, -0.2) is 4.68 Å². The third kappa shape index (κ3) is 3.00. The molecular weight excluding hydrogens is 248 g/mol. The average molecular weight is 268 g/mol. The summed E-state index contributed by atoms with van der Waals surface area (Å²) in [5, 5.41) is 13.8. The largest absolute Gasteiger partial charge is 0.383 e. The first-order chi connectivity index (χ1) is 9.51. The molecule has 0 radical (unpaired) electrons. The number of hydrogen-bond acceptors (Lipinski definition) is 3. The number of anilines is 1. The quantitative estimate of drug-likeness (QED) is 0.927. The highest BCUT2D eigenvalue weighted by Crippen LogP contribution is 2.20. The molecule has 0 bridgehead atoms. The number of nitriles is 1. The maximum Gasteiger partial charge on any atom is 0.140 e. The highest BCUT2D eigenvalue weighted by molar-refractivity contribution is 5.53. The van der Waals surface area contributed by atoms with Gasteiger partial charge in [-0.1, -0.05) is 43.7 Å². The third-order valence-electron chi connectivity index (χ3n) is 3.21. The predicted molar refractivity (Wildman–Crippen MR) is 80.2 cm³/mol. The van der Waals surface area contributed by atoms with Crippen LogP contribution < -0.4 is 5.73 Å². The van der Waals surface area contributed by atoms with Crippen molar-refractivity contribution in [1.82, 2.24) is 9.78 Å². The number of rotatable bonds is 4. The van der Waals surface area contributed by atoms with Crippen LogP contribution in [0.1, 0.15) is 36.2 Å². The lowest BCUT2D eigenvalue weighted by atomic mass is 10.1. The Kier molecular flexibility index (Phi) is 4.09. The summed E-state index contributed by atoms with van der Waals surface area (Å²) in [5.41, 5.74) is 9.64. The molecule has 20 heavy (non-hydrogen) atoms. The van der Waals surface area contributed by atoms with E-state index in [0.29, 0.717) is 23.7 Å². The molecule has 4 heteroatoms. The molecule has 0 amide bonds. The molecule has 1 aromatic carbocycles. The van der Waals surface area contributed by atoms with Crippen LogP contribution in [0.25, 0.3) is 0 Å². The summed E-state index contributed by atoms with van der Waals surface area (Å²) < 4.78 is 1.74. The standard InChI is InChI=1S/C16H20N4/c1-11(2)10-20-16(18)14(9-17)15(19-20)8-13-6-4-12(3)5-7-13/h4-7,11H,8,10,18H2,1-3H3. The Morgan fingerprint density at radius 1 is 1.30 bits per heavy atom. The zero-order chi connectivity index (χ0) is 14.7. The monoisotopic (exact) mass is 268 g/mol. The molecule has 1 heterocycles. The minimum Gasteiger partial charge on any atom is -0.383 e. The SMILES string of the molecule is Cc1ccc(Cc2nn(CC(C)C)c(N)c2C#N)cc1. The molecule has 0 aliphatic carbocycles. The van der Waals surface area contributed by atoms with Crippen LogP contribution in [0.4, 0.5) is 5.82 Å². The van der Waals surface area contributed by atoms with Gasteiger partial charge in [0.05, 0.1) is 5.69 Å². The minimum atomic E-state index is 0.441. The lowest BCUT2D eigenvalue weighted by Crippen LogP contribution is -2.09. The summed E-state index contributed by atoms with van der Waals surface area (Å²) >= 11 is 0. The van der Waals surface area contributed by atoms with Crippen molar-refractivity contribution < 1.29 is 0 Å². The van der Waals surface area contributed by atoms with Crippen molar-refractivity contribution >= 4 is 5.82 Å². The molecule has 0 aliphatic rings. The van der Waals surface area contributed by atoms with Crippen molar-refractivity contribution in [1.29, 1.82) is 5.26 Å². The summed E-state index contributed by atoms with van der Waals surface area (Å²) in [5.74, 6) is 0.916. The Labute approximate surface area is 119 Å². The van der Waals surface area contributed by atoms with Gasteiger partial charge in [0, 0.05) is 13.0 Å². The van der Waals surface area contributed by atoms with E-state index in [-0.39, 0.29) is 0 Å². The number of hydrogen-bond donors (Lipinski definition) is 1. The summed E-state index contributed by atoms with van der Waals surface area (Å²) in [6.07, 6.45) is 0.637. The summed E-state index contributed by atoms with van der Waals surface area (Å²) in [6.45, 7) is 6.99. The van der Waals surface area contributed by atoms with Crippen LogP contribution in [0, 0.1) is 24.2 Å². The molecule has 2 rings (SSSR count). The number of aryl methyl sites for hydroxylation is 1. The topological polar surface area (TPSA) is 67.6 Å². The second-order valence-electron chi connectivity index (χ2n) is 5.56. The maximum atomic E-state index is 9.29. The second-order valence-corrected chi connectivity index (χ2v) is 5.56. The molecule has 0 fully saturated rings. The van der Waals surface area contributed by atoms with Crippen molar-refractivity contribution in [3.63, 3.8) is 0 Å². The Hall–Kier alpha value is -2.28. The lowest BCUT2D eigenvalue weighted by molar-refractivity contribution is 0.485. The Balaban J connectivity index is 2.31. The summed E-state index contributed by atoms with van der Waals surface area (Å²) in [7, 11) is 0. The van der Waals surface area contributed by atoms with E-state index in [9.17, 15) is 5.26 Å². The maximum absolute atomic E-state index is 9.29. The average Bonchev–Trinajstić information content (AvgIpc) is 2.67. The highest BCUT2D eigenvalue weighted by Gasteiger charge is 2.16. The highest BCUT2D eigenvalue weighted by atomic mass is 15.3. The van der Waals surface area contributed by atoms with Crippen LogP contribution in [0.5, 0.6) is 0 Å². The van der Waals surface area contributed by atoms with Gasteiger partial charge in [0.25, 0.3) is 0 Å². The molecule has 0 spiro atoms. The zero-order valence-corrected chi connectivity index (χ0v) is 12.2. The van der Waals surface area contributed by atoms with Gasteiger partial charge in [0.15, 0.2) is 0 Å². The van der Waals surface area contributed by atoms with Gasteiger partial charge in [0.2, 0.25) is 0 Å². The van der Waals surface area contributed by atoms with Gasteiger partial charge >= 0.3 is 0 Å². The fourth-order valence-corrected chi connectivity index (χ4v) is 2.16. The number of benzene rings is 1.